The number of alkyl halides is 2. The summed E-state index contributed by atoms with van der Waals surface area (Å²) < 4.78 is 31.3. The van der Waals surface area contributed by atoms with Crippen molar-refractivity contribution in [2.24, 2.45) is 0 Å². The Morgan fingerprint density at radius 1 is 0.838 bits per heavy atom. The molecule has 0 aliphatic heterocycles. The fourth-order valence-electron chi connectivity index (χ4n) is 4.30. The molecule has 0 saturated heterocycles. The fourth-order valence-corrected chi connectivity index (χ4v) is 4.30. The van der Waals surface area contributed by atoms with E-state index < -0.39 is 6.43 Å². The van der Waals surface area contributed by atoms with Crippen molar-refractivity contribution in [2.45, 2.75) is 32.7 Å². The first kappa shape index (κ1) is 25.8. The van der Waals surface area contributed by atoms with Crippen LogP contribution in [0.1, 0.15) is 45.6 Å². The Labute approximate surface area is 216 Å². The van der Waals surface area contributed by atoms with Crippen molar-refractivity contribution >= 4 is 5.91 Å². The van der Waals surface area contributed by atoms with Crippen LogP contribution < -0.4 is 4.74 Å². The molecule has 3 nitrogen and oxygen atoms in total. The van der Waals surface area contributed by atoms with Crippen LogP contribution in [0.25, 0.3) is 0 Å². The highest BCUT2D eigenvalue weighted by Gasteiger charge is 2.29. The minimum absolute atomic E-state index is 0.194. The Hall–Kier alpha value is -4.25. The molecule has 0 saturated carbocycles. The highest BCUT2D eigenvalue weighted by atomic mass is 19.3. The van der Waals surface area contributed by atoms with Crippen molar-refractivity contribution in [2.75, 3.05) is 0 Å². The van der Waals surface area contributed by atoms with E-state index in [4.69, 9.17) is 4.74 Å². The molecule has 0 N–H and O–H groups in total. The van der Waals surface area contributed by atoms with Crippen LogP contribution in [0.15, 0.2) is 115 Å². The summed E-state index contributed by atoms with van der Waals surface area (Å²) >= 11 is 0. The van der Waals surface area contributed by atoms with Gasteiger partial charge in [0.25, 0.3) is 5.91 Å². The van der Waals surface area contributed by atoms with Crippen LogP contribution in [0.3, 0.4) is 0 Å². The van der Waals surface area contributed by atoms with Gasteiger partial charge in [-0.3, -0.25) is 4.79 Å². The van der Waals surface area contributed by atoms with Crippen LogP contribution in [0.4, 0.5) is 8.78 Å². The van der Waals surface area contributed by atoms with Crippen LogP contribution >= 0.6 is 0 Å². The van der Waals surface area contributed by atoms with Crippen molar-refractivity contribution in [1.82, 2.24) is 4.90 Å². The largest absolute Gasteiger partial charge is 0.457 e. The summed E-state index contributed by atoms with van der Waals surface area (Å²) in [6.45, 7) is 7.85. The van der Waals surface area contributed by atoms with Crippen molar-refractivity contribution in [1.29, 1.82) is 0 Å². The third-order valence-electron chi connectivity index (χ3n) is 6.11. The summed E-state index contributed by atoms with van der Waals surface area (Å²) in [6.07, 6.45) is -2.70. The lowest BCUT2D eigenvalue weighted by atomic mass is 9.95. The molecule has 1 amide bonds. The topological polar surface area (TPSA) is 29.5 Å². The van der Waals surface area contributed by atoms with E-state index in [9.17, 15) is 13.6 Å². The highest BCUT2D eigenvalue weighted by molar-refractivity contribution is 5.97. The van der Waals surface area contributed by atoms with Crippen LogP contribution in [0.5, 0.6) is 11.5 Å². The van der Waals surface area contributed by atoms with E-state index in [1.807, 2.05) is 80.6 Å². The lowest BCUT2D eigenvalue weighted by Gasteiger charge is -2.33. The van der Waals surface area contributed by atoms with Gasteiger partial charge in [-0.05, 0) is 60.4 Å². The first-order valence-electron chi connectivity index (χ1n) is 12.1. The number of halogens is 2. The van der Waals surface area contributed by atoms with Crippen LogP contribution in [0, 0.1) is 6.92 Å². The molecule has 0 atom stereocenters. The fraction of sp³-hybridized carbons (Fsp3) is 0.156. The Balaban J connectivity index is 1.68. The van der Waals surface area contributed by atoms with Crippen LogP contribution in [-0.4, -0.2) is 17.2 Å². The maximum absolute atomic E-state index is 14.1. The Kier molecular flexibility index (Phi) is 8.14. The lowest BCUT2D eigenvalue weighted by Crippen LogP contribution is -2.34. The number of allylic oxidation sites excluding steroid dienone is 1. The van der Waals surface area contributed by atoms with Crippen molar-refractivity contribution in [3.63, 3.8) is 0 Å². The Morgan fingerprint density at radius 3 is 1.89 bits per heavy atom. The number of carbonyl (C=O) groups excluding carboxylic acids is 1. The molecule has 0 spiro atoms. The third kappa shape index (κ3) is 6.31. The second-order valence-corrected chi connectivity index (χ2v) is 8.95. The van der Waals surface area contributed by atoms with Crippen molar-refractivity contribution < 1.29 is 18.3 Å². The number of ether oxygens (including phenoxy) is 1. The van der Waals surface area contributed by atoms with E-state index in [0.29, 0.717) is 28.3 Å². The predicted octanol–water partition coefficient (Wildman–Crippen LogP) is 8.36. The number of amides is 1. The molecule has 0 aliphatic carbocycles. The molecule has 0 aliphatic rings. The first-order chi connectivity index (χ1) is 17.8. The number of hydrogen-bond acceptors (Lipinski definition) is 2. The second-order valence-electron chi connectivity index (χ2n) is 8.95. The van der Waals surface area contributed by atoms with Gasteiger partial charge < -0.3 is 9.64 Å². The van der Waals surface area contributed by atoms with E-state index in [0.717, 1.165) is 16.7 Å². The number of benzene rings is 4. The molecule has 0 unspecified atom stereocenters. The molecule has 0 radical (unpaired) electrons. The van der Waals surface area contributed by atoms with Crippen LogP contribution in [0.2, 0.25) is 0 Å². The van der Waals surface area contributed by atoms with Gasteiger partial charge in [-0.25, -0.2) is 8.78 Å². The monoisotopic (exact) mass is 497 g/mol. The van der Waals surface area contributed by atoms with Crippen molar-refractivity contribution in [3.8, 4) is 11.5 Å². The molecule has 0 aromatic heterocycles. The van der Waals surface area contributed by atoms with Gasteiger partial charge in [0, 0.05) is 17.7 Å². The number of hydrogen-bond donors (Lipinski definition) is 0. The first-order valence-corrected chi connectivity index (χ1v) is 12.1. The average Bonchev–Trinajstić information content (AvgIpc) is 2.89. The molecule has 5 heteroatoms. The highest BCUT2D eigenvalue weighted by Crippen LogP contribution is 2.34. The molecule has 4 aromatic carbocycles. The molecule has 188 valence electrons. The van der Waals surface area contributed by atoms with E-state index in [-0.39, 0.29) is 18.4 Å². The van der Waals surface area contributed by atoms with Gasteiger partial charge in [0.2, 0.25) is 6.43 Å². The second kappa shape index (κ2) is 11.7. The molecule has 37 heavy (non-hydrogen) atoms. The predicted molar refractivity (Wildman–Crippen MR) is 143 cm³/mol. The zero-order valence-corrected chi connectivity index (χ0v) is 20.9. The Morgan fingerprint density at radius 2 is 1.38 bits per heavy atom. The van der Waals surface area contributed by atoms with Gasteiger partial charge in [0.05, 0.1) is 6.04 Å². The quantitative estimate of drug-likeness (QED) is 0.232. The van der Waals surface area contributed by atoms with E-state index >= 15 is 0 Å². The zero-order chi connectivity index (χ0) is 26.4. The number of rotatable bonds is 9. The molecule has 4 aromatic rings. The van der Waals surface area contributed by atoms with E-state index in [1.54, 1.807) is 41.3 Å². The standard InChI is InChI=1S/C32H29F2NO2/c1-22(2)35(31(25-10-6-4-7-11-25)26-12-8-5-9-13-26)32(36)29-21-28(17-14-23(29)3)37-27-18-15-24(16-19-27)20-30(33)34/h4-19,21,30-31H,1,20H2,2-3H3. The summed E-state index contributed by atoms with van der Waals surface area (Å²) in [5.74, 6) is 0.789. The van der Waals surface area contributed by atoms with Gasteiger partial charge >= 0.3 is 0 Å². The summed E-state index contributed by atoms with van der Waals surface area (Å²) in [6, 6.07) is 31.3. The normalized spacial score (nSPS) is 11.0. The molecular weight excluding hydrogens is 468 g/mol. The number of carbonyl (C=O) groups is 1. The summed E-state index contributed by atoms with van der Waals surface area (Å²) in [5, 5.41) is 0. The molecule has 0 heterocycles. The maximum Gasteiger partial charge on any atom is 0.259 e. The summed E-state index contributed by atoms with van der Waals surface area (Å²) in [4.78, 5) is 15.8. The average molecular weight is 498 g/mol. The summed E-state index contributed by atoms with van der Waals surface area (Å²) in [7, 11) is 0. The summed E-state index contributed by atoms with van der Waals surface area (Å²) in [5.41, 5.74) is 4.38. The lowest BCUT2D eigenvalue weighted by molar-refractivity contribution is 0.0768. The van der Waals surface area contributed by atoms with Gasteiger partial charge in [-0.2, -0.15) is 0 Å². The molecule has 4 rings (SSSR count). The smallest absolute Gasteiger partial charge is 0.259 e. The van der Waals surface area contributed by atoms with Gasteiger partial charge in [0.1, 0.15) is 11.5 Å². The SMILES string of the molecule is C=C(C)N(C(=O)c1cc(Oc2ccc(CC(F)F)cc2)ccc1C)C(c1ccccc1)c1ccccc1. The van der Waals surface area contributed by atoms with Crippen molar-refractivity contribution in [3.05, 3.63) is 143 Å². The number of aryl methyl sites for hydroxylation is 1. The number of nitrogens with zero attached hydrogens (tertiary/aromatic N) is 1. The zero-order valence-electron chi connectivity index (χ0n) is 20.9. The minimum Gasteiger partial charge on any atom is -0.457 e. The maximum atomic E-state index is 14.1. The molecule has 0 bridgehead atoms. The van der Waals surface area contributed by atoms with Crippen LogP contribution in [-0.2, 0) is 6.42 Å². The molecular formula is C32H29F2NO2. The minimum atomic E-state index is -2.40. The van der Waals surface area contributed by atoms with Gasteiger partial charge in [0.15, 0.2) is 0 Å². The molecule has 0 fully saturated rings. The van der Waals surface area contributed by atoms with E-state index in [1.165, 1.54) is 0 Å². The van der Waals surface area contributed by atoms with Gasteiger partial charge in [-0.15, -0.1) is 0 Å². The Bertz CT molecular complexity index is 1310. The van der Waals surface area contributed by atoms with Gasteiger partial charge in [-0.1, -0.05) is 85.4 Å². The third-order valence-corrected chi connectivity index (χ3v) is 6.11. The van der Waals surface area contributed by atoms with E-state index in [2.05, 4.69) is 6.58 Å².